The van der Waals surface area contributed by atoms with Crippen LogP contribution in [0.3, 0.4) is 0 Å². The molecule has 12 heteroatoms. The molecule has 33 heavy (non-hydrogen) atoms. The van der Waals surface area contributed by atoms with Crippen molar-refractivity contribution in [3.63, 3.8) is 0 Å². The van der Waals surface area contributed by atoms with Gasteiger partial charge in [-0.3, -0.25) is 14.9 Å². The third kappa shape index (κ3) is 4.38. The molecule has 5 rings (SSSR count). The van der Waals surface area contributed by atoms with Crippen LogP contribution in [0.4, 0.5) is 10.8 Å². The van der Waals surface area contributed by atoms with Gasteiger partial charge in [0, 0.05) is 17.7 Å². The third-order valence-corrected chi connectivity index (χ3v) is 6.56. The average molecular weight is 478 g/mol. The topological polar surface area (TPSA) is 128 Å². The summed E-state index contributed by atoms with van der Waals surface area (Å²) in [5.41, 5.74) is 3.59. The summed E-state index contributed by atoms with van der Waals surface area (Å²) >= 11 is 2.61. The van der Waals surface area contributed by atoms with Gasteiger partial charge in [-0.2, -0.15) is 9.61 Å². The number of benzene rings is 2. The summed E-state index contributed by atoms with van der Waals surface area (Å²) in [6.07, 6.45) is 0. The van der Waals surface area contributed by atoms with Gasteiger partial charge in [0.2, 0.25) is 11.1 Å². The van der Waals surface area contributed by atoms with Gasteiger partial charge < -0.3 is 5.32 Å². The number of hydrogen-bond donors (Lipinski definition) is 1. The fraction of sp³-hybridized carbons (Fsp3) is 0.0952. The first-order valence-corrected chi connectivity index (χ1v) is 11.5. The molecule has 0 aliphatic carbocycles. The molecule has 0 unspecified atom stereocenters. The van der Waals surface area contributed by atoms with E-state index in [1.165, 1.54) is 39.7 Å². The highest BCUT2D eigenvalue weighted by Gasteiger charge is 2.14. The number of nitro benzene ring substituents is 1. The zero-order valence-electron chi connectivity index (χ0n) is 17.1. The van der Waals surface area contributed by atoms with Gasteiger partial charge in [0.1, 0.15) is 0 Å². The number of aromatic nitrogens is 5. The molecule has 0 radical (unpaired) electrons. The highest BCUT2D eigenvalue weighted by Crippen LogP contribution is 2.27. The highest BCUT2D eigenvalue weighted by atomic mass is 32.2. The number of fused-ring (bicyclic) bond motifs is 2. The number of carbonyl (C=O) groups excluding carboxylic acids is 1. The van der Waals surface area contributed by atoms with Crippen molar-refractivity contribution in [2.24, 2.45) is 0 Å². The van der Waals surface area contributed by atoms with Crippen LogP contribution in [-0.4, -0.2) is 41.4 Å². The molecule has 1 amide bonds. The molecule has 5 aromatic rings. The van der Waals surface area contributed by atoms with Gasteiger partial charge in [-0.25, -0.2) is 4.98 Å². The minimum absolute atomic E-state index is 0.0190. The highest BCUT2D eigenvalue weighted by molar-refractivity contribution is 7.99. The number of anilines is 1. The number of carbonyl (C=O) groups is 1. The number of amides is 1. The Hall–Kier alpha value is -3.90. The van der Waals surface area contributed by atoms with Crippen molar-refractivity contribution in [3.05, 3.63) is 70.3 Å². The lowest BCUT2D eigenvalue weighted by molar-refractivity contribution is -0.384. The quantitative estimate of drug-likeness (QED) is 0.217. The summed E-state index contributed by atoms with van der Waals surface area (Å²) in [4.78, 5) is 27.5. The number of thioether (sulfide) groups is 1. The second kappa shape index (κ2) is 8.56. The zero-order valence-corrected chi connectivity index (χ0v) is 18.8. The molecule has 0 atom stereocenters. The van der Waals surface area contributed by atoms with E-state index in [2.05, 4.69) is 25.6 Å². The lowest BCUT2D eigenvalue weighted by Gasteiger charge is -2.03. The normalized spacial score (nSPS) is 11.2. The summed E-state index contributed by atoms with van der Waals surface area (Å²) in [7, 11) is 0. The summed E-state index contributed by atoms with van der Waals surface area (Å²) in [5.74, 6) is -0.124. The largest absolute Gasteiger partial charge is 0.301 e. The molecule has 0 spiro atoms. The fourth-order valence-corrected chi connectivity index (χ4v) is 4.83. The molecular formula is C21H15N7O3S2. The monoisotopic (exact) mass is 477 g/mol. The lowest BCUT2D eigenvalue weighted by Crippen LogP contribution is -2.14. The molecule has 2 aromatic carbocycles. The number of hydrogen-bond acceptors (Lipinski definition) is 9. The SMILES string of the molecule is Cc1ccc2nc(NC(=O)CSc3nnc4ccc(-c5cccc([N+](=O)[O-])c5)nn34)sc2c1. The fourth-order valence-electron chi connectivity index (χ4n) is 3.16. The average Bonchev–Trinajstić information content (AvgIpc) is 3.40. The number of nitrogens with zero attached hydrogens (tertiary/aromatic N) is 6. The van der Waals surface area contributed by atoms with Crippen molar-refractivity contribution in [1.82, 2.24) is 24.8 Å². The van der Waals surface area contributed by atoms with E-state index >= 15 is 0 Å². The lowest BCUT2D eigenvalue weighted by atomic mass is 10.1. The van der Waals surface area contributed by atoms with Gasteiger partial charge in [0.25, 0.3) is 5.69 Å². The van der Waals surface area contributed by atoms with Crippen molar-refractivity contribution < 1.29 is 9.72 Å². The van der Waals surface area contributed by atoms with Gasteiger partial charge in [-0.05, 0) is 36.8 Å². The first kappa shape index (κ1) is 21.0. The van der Waals surface area contributed by atoms with Crippen LogP contribution in [0, 0.1) is 17.0 Å². The Kier molecular flexibility index (Phi) is 5.44. The summed E-state index contributed by atoms with van der Waals surface area (Å²) in [5, 5.41) is 27.6. The van der Waals surface area contributed by atoms with E-state index in [1.807, 2.05) is 25.1 Å². The Balaban J connectivity index is 1.32. The van der Waals surface area contributed by atoms with Crippen LogP contribution in [0.15, 0.2) is 59.8 Å². The molecular weight excluding hydrogens is 462 g/mol. The second-order valence-corrected chi connectivity index (χ2v) is 9.08. The molecule has 0 aliphatic rings. The van der Waals surface area contributed by atoms with Crippen molar-refractivity contribution in [3.8, 4) is 11.3 Å². The number of aryl methyl sites for hydroxylation is 1. The summed E-state index contributed by atoms with van der Waals surface area (Å²) in [6.45, 7) is 2.01. The van der Waals surface area contributed by atoms with Crippen LogP contribution in [-0.2, 0) is 4.79 Å². The third-order valence-electron chi connectivity index (χ3n) is 4.71. The maximum atomic E-state index is 12.5. The second-order valence-electron chi connectivity index (χ2n) is 7.11. The van der Waals surface area contributed by atoms with Crippen LogP contribution in [0.2, 0.25) is 0 Å². The number of thiazole rings is 1. The molecule has 0 bridgehead atoms. The standard InChI is InChI=1S/C21H15N7O3S2/c1-12-5-6-16-17(9-12)33-20(22-16)23-19(29)11-32-21-25-24-18-8-7-15(26-27(18)21)13-3-2-4-14(10-13)28(30)31/h2-10H,11H2,1H3,(H,22,23,29). The van der Waals surface area contributed by atoms with E-state index in [1.54, 1.807) is 24.3 Å². The predicted molar refractivity (Wildman–Crippen MR) is 127 cm³/mol. The van der Waals surface area contributed by atoms with Gasteiger partial charge in [-0.15, -0.1) is 10.2 Å². The Morgan fingerprint density at radius 1 is 1.18 bits per heavy atom. The van der Waals surface area contributed by atoms with Crippen LogP contribution >= 0.6 is 23.1 Å². The zero-order chi connectivity index (χ0) is 22.9. The van der Waals surface area contributed by atoms with E-state index < -0.39 is 4.92 Å². The first-order chi connectivity index (χ1) is 16.0. The van der Waals surface area contributed by atoms with Crippen molar-refractivity contribution in [1.29, 1.82) is 0 Å². The number of non-ortho nitro benzene ring substituents is 1. The Morgan fingerprint density at radius 2 is 2.06 bits per heavy atom. The predicted octanol–water partition coefficient (Wildman–Crippen LogP) is 4.35. The van der Waals surface area contributed by atoms with Crippen LogP contribution in [0.5, 0.6) is 0 Å². The molecule has 3 aromatic heterocycles. The van der Waals surface area contributed by atoms with Gasteiger partial charge in [0.05, 0.1) is 26.6 Å². The van der Waals surface area contributed by atoms with Crippen molar-refractivity contribution in [2.45, 2.75) is 12.1 Å². The molecule has 10 nitrogen and oxygen atoms in total. The molecule has 0 fully saturated rings. The molecule has 0 aliphatic heterocycles. The Labute approximate surface area is 194 Å². The van der Waals surface area contributed by atoms with Crippen LogP contribution < -0.4 is 5.32 Å². The van der Waals surface area contributed by atoms with E-state index in [0.29, 0.717) is 27.2 Å². The van der Waals surface area contributed by atoms with Crippen molar-refractivity contribution >= 4 is 55.7 Å². The molecule has 0 saturated heterocycles. The van der Waals surface area contributed by atoms with Gasteiger partial charge >= 0.3 is 0 Å². The molecule has 0 saturated carbocycles. The van der Waals surface area contributed by atoms with Crippen molar-refractivity contribution in [2.75, 3.05) is 11.1 Å². The maximum Gasteiger partial charge on any atom is 0.270 e. The number of rotatable bonds is 6. The van der Waals surface area contributed by atoms with Crippen LogP contribution in [0.25, 0.3) is 27.1 Å². The maximum absolute atomic E-state index is 12.5. The van der Waals surface area contributed by atoms with E-state index in [4.69, 9.17) is 0 Å². The summed E-state index contributed by atoms with van der Waals surface area (Å²) in [6, 6.07) is 15.6. The Bertz CT molecular complexity index is 1530. The smallest absolute Gasteiger partial charge is 0.270 e. The molecule has 1 N–H and O–H groups in total. The molecule has 164 valence electrons. The number of nitro groups is 1. The van der Waals surface area contributed by atoms with E-state index in [-0.39, 0.29) is 17.3 Å². The van der Waals surface area contributed by atoms with E-state index in [0.717, 1.165) is 15.8 Å². The Morgan fingerprint density at radius 3 is 2.91 bits per heavy atom. The first-order valence-electron chi connectivity index (χ1n) is 9.73. The number of nitrogens with one attached hydrogen (secondary N) is 1. The summed E-state index contributed by atoms with van der Waals surface area (Å²) < 4.78 is 2.53. The minimum Gasteiger partial charge on any atom is -0.301 e. The van der Waals surface area contributed by atoms with E-state index in [9.17, 15) is 14.9 Å². The van der Waals surface area contributed by atoms with Gasteiger partial charge in [-0.1, -0.05) is 41.3 Å². The minimum atomic E-state index is -0.451. The molecule has 3 heterocycles. The van der Waals surface area contributed by atoms with Crippen LogP contribution in [0.1, 0.15) is 5.56 Å². The van der Waals surface area contributed by atoms with Gasteiger partial charge in [0.15, 0.2) is 10.8 Å².